The number of H-pyrrole nitrogens is 1. The quantitative estimate of drug-likeness (QED) is 0.541. The molecule has 0 saturated heterocycles. The lowest BCUT2D eigenvalue weighted by atomic mass is 10.1. The Morgan fingerprint density at radius 2 is 1.90 bits per heavy atom. The van der Waals surface area contributed by atoms with Gasteiger partial charge >= 0.3 is 5.69 Å². The highest BCUT2D eigenvalue weighted by atomic mass is 35.5. The van der Waals surface area contributed by atoms with E-state index in [0.29, 0.717) is 11.1 Å². The fourth-order valence-corrected chi connectivity index (χ4v) is 3.32. The van der Waals surface area contributed by atoms with Crippen molar-refractivity contribution in [3.05, 3.63) is 84.1 Å². The summed E-state index contributed by atoms with van der Waals surface area (Å²) in [7, 11) is 0. The molecule has 0 amide bonds. The Morgan fingerprint density at radius 1 is 1.20 bits per heavy atom. The Hall–Kier alpha value is -3.65. The van der Waals surface area contributed by atoms with Crippen molar-refractivity contribution in [1.29, 1.82) is 5.26 Å². The van der Waals surface area contributed by atoms with Crippen LogP contribution in [0.5, 0.6) is 5.75 Å². The lowest BCUT2D eigenvalue weighted by Crippen LogP contribution is -2.33. The summed E-state index contributed by atoms with van der Waals surface area (Å²) in [5.74, 6) is 0.172. The first-order valence-corrected chi connectivity index (χ1v) is 9.06. The summed E-state index contributed by atoms with van der Waals surface area (Å²) in [4.78, 5) is 25.6. The Bertz CT molecular complexity index is 1330. The van der Waals surface area contributed by atoms with Gasteiger partial charge in [0.2, 0.25) is 11.6 Å². The Kier molecular flexibility index (Phi) is 5.01. The van der Waals surface area contributed by atoms with Crippen LogP contribution in [0.3, 0.4) is 0 Å². The normalized spacial score (nSPS) is 14.9. The van der Waals surface area contributed by atoms with Gasteiger partial charge in [-0.2, -0.15) is 9.94 Å². The second kappa shape index (κ2) is 7.64. The summed E-state index contributed by atoms with van der Waals surface area (Å²) in [6.07, 6.45) is -0.991. The van der Waals surface area contributed by atoms with Gasteiger partial charge in [0.25, 0.3) is 5.56 Å². The molecule has 1 atom stereocenters. The summed E-state index contributed by atoms with van der Waals surface area (Å²) < 4.78 is 6.56. The smallest absolute Gasteiger partial charge is 0.349 e. The number of nitriles is 1. The largest absolute Gasteiger partial charge is 0.434 e. The fraction of sp³-hybridized carbons (Fsp3) is 0.0556. The number of benzene rings is 2. The third-order valence-corrected chi connectivity index (χ3v) is 4.70. The minimum atomic E-state index is -0.991. The number of aromatic nitrogens is 3. The van der Waals surface area contributed by atoms with Crippen LogP contribution >= 0.6 is 23.2 Å². The first-order valence-electron chi connectivity index (χ1n) is 8.30. The van der Waals surface area contributed by atoms with Crippen molar-refractivity contribution in [3.8, 4) is 17.5 Å². The van der Waals surface area contributed by atoms with Crippen molar-refractivity contribution in [2.24, 2.45) is 5.10 Å². The number of hydrogen-bond acceptors (Lipinski definition) is 8. The Morgan fingerprint density at radius 3 is 2.60 bits per heavy atom. The van der Waals surface area contributed by atoms with Gasteiger partial charge in [-0.3, -0.25) is 15.2 Å². The van der Waals surface area contributed by atoms with Gasteiger partial charge in [0, 0.05) is 11.1 Å². The highest BCUT2D eigenvalue weighted by Gasteiger charge is 2.24. The maximum Gasteiger partial charge on any atom is 0.349 e. The number of hydrazone groups is 1. The molecule has 0 spiro atoms. The van der Waals surface area contributed by atoms with Crippen molar-refractivity contribution in [2.75, 3.05) is 0 Å². The second-order valence-electron chi connectivity index (χ2n) is 6.01. The van der Waals surface area contributed by atoms with Crippen LogP contribution in [0.2, 0.25) is 10.0 Å². The molecule has 0 saturated carbocycles. The maximum atomic E-state index is 12.1. The minimum Gasteiger partial charge on any atom is -0.434 e. The second-order valence-corrected chi connectivity index (χ2v) is 6.82. The van der Waals surface area contributed by atoms with E-state index in [1.165, 1.54) is 12.1 Å². The van der Waals surface area contributed by atoms with Crippen LogP contribution in [-0.2, 0) is 0 Å². The molecule has 0 bridgehead atoms. The van der Waals surface area contributed by atoms with Crippen LogP contribution in [0, 0.1) is 11.3 Å². The van der Waals surface area contributed by atoms with Crippen molar-refractivity contribution in [3.63, 3.8) is 0 Å². The van der Waals surface area contributed by atoms with E-state index >= 15 is 0 Å². The number of rotatable bonds is 2. The van der Waals surface area contributed by atoms with E-state index in [0.717, 1.165) is 4.68 Å². The van der Waals surface area contributed by atoms with Crippen molar-refractivity contribution >= 4 is 29.1 Å². The van der Waals surface area contributed by atoms with Crippen LogP contribution in [0.4, 0.5) is 0 Å². The molecule has 4 rings (SSSR count). The van der Waals surface area contributed by atoms with Crippen molar-refractivity contribution in [1.82, 2.24) is 20.2 Å². The molecule has 3 aromatic rings. The number of hydrogen-bond donors (Lipinski definition) is 3. The van der Waals surface area contributed by atoms with E-state index in [1.807, 2.05) is 4.98 Å². The number of nitrogens with zero attached hydrogens (tertiary/aromatic N) is 4. The van der Waals surface area contributed by atoms with E-state index in [2.05, 4.69) is 15.6 Å². The zero-order valence-corrected chi connectivity index (χ0v) is 16.3. The molecule has 2 aromatic carbocycles. The van der Waals surface area contributed by atoms with E-state index in [-0.39, 0.29) is 27.4 Å². The van der Waals surface area contributed by atoms with Gasteiger partial charge in [-0.25, -0.2) is 4.79 Å². The summed E-state index contributed by atoms with van der Waals surface area (Å²) in [5.41, 5.74) is 1.45. The molecule has 10 nitrogen and oxygen atoms in total. The number of aliphatic hydroxyl groups excluding tert-OH is 1. The van der Waals surface area contributed by atoms with Gasteiger partial charge in [0.15, 0.2) is 12.0 Å². The van der Waals surface area contributed by atoms with Crippen LogP contribution < -0.4 is 21.4 Å². The number of nitrogens with one attached hydrogen (secondary N) is 2. The van der Waals surface area contributed by atoms with Crippen LogP contribution in [0.15, 0.2) is 51.1 Å². The summed E-state index contributed by atoms with van der Waals surface area (Å²) >= 11 is 12.6. The maximum absolute atomic E-state index is 12.1. The van der Waals surface area contributed by atoms with Crippen LogP contribution in [0.1, 0.15) is 23.0 Å². The standard InChI is InChI=1S/C18H10Cl2N6O4/c19-11-5-8(26-18(29)22-16(28)13(7-21)25-26)6-12(20)14(11)30-17-10-4-2-1-3-9(10)15(27)23-24-17/h1-6,15,23,27H,(H,22,28,29). The molecule has 0 radical (unpaired) electrons. The van der Waals surface area contributed by atoms with Gasteiger partial charge in [0.1, 0.15) is 6.07 Å². The Balaban J connectivity index is 1.75. The van der Waals surface area contributed by atoms with Gasteiger partial charge in [-0.15, -0.1) is 10.2 Å². The SMILES string of the molecule is N#Cc1nn(-c2cc(Cl)c(OC3=NNC(O)c4ccccc43)c(Cl)c2)c(=O)[nH]c1=O. The monoisotopic (exact) mass is 444 g/mol. The van der Waals surface area contributed by atoms with Gasteiger partial charge in [-0.05, 0) is 18.2 Å². The van der Waals surface area contributed by atoms with Crippen molar-refractivity contribution in [2.45, 2.75) is 6.23 Å². The summed E-state index contributed by atoms with van der Waals surface area (Å²) in [5, 5.41) is 26.7. The third kappa shape index (κ3) is 3.42. The zero-order valence-electron chi connectivity index (χ0n) is 14.8. The molecule has 1 aliphatic heterocycles. The molecule has 3 N–H and O–H groups in total. The highest BCUT2D eigenvalue weighted by Crippen LogP contribution is 2.36. The molecule has 150 valence electrons. The highest BCUT2D eigenvalue weighted by molar-refractivity contribution is 6.37. The number of ether oxygens (including phenoxy) is 1. The number of aliphatic hydroxyl groups is 1. The molecule has 1 aromatic heterocycles. The molecule has 2 heterocycles. The minimum absolute atomic E-state index is 0.0159. The molecular weight excluding hydrogens is 435 g/mol. The predicted molar refractivity (Wildman–Crippen MR) is 107 cm³/mol. The predicted octanol–water partition coefficient (Wildman–Crippen LogP) is 1.43. The van der Waals surface area contributed by atoms with Crippen LogP contribution in [-0.4, -0.2) is 25.8 Å². The third-order valence-electron chi connectivity index (χ3n) is 4.13. The van der Waals surface area contributed by atoms with Gasteiger partial charge in [-0.1, -0.05) is 41.4 Å². The number of halogens is 2. The molecule has 1 aliphatic rings. The molecule has 12 heteroatoms. The van der Waals surface area contributed by atoms with Gasteiger partial charge in [0.05, 0.1) is 15.7 Å². The molecular formula is C18H10Cl2N6O4. The first-order chi connectivity index (χ1) is 14.4. The Labute approximate surface area is 177 Å². The van der Waals surface area contributed by atoms with Crippen molar-refractivity contribution < 1.29 is 9.84 Å². The van der Waals surface area contributed by atoms with Gasteiger partial charge < -0.3 is 9.84 Å². The average molecular weight is 445 g/mol. The lowest BCUT2D eigenvalue weighted by molar-refractivity contribution is 0.137. The number of fused-ring (bicyclic) bond motifs is 1. The fourth-order valence-electron chi connectivity index (χ4n) is 2.77. The summed E-state index contributed by atoms with van der Waals surface area (Å²) in [6, 6.07) is 11.2. The topological polar surface area (TPSA) is 145 Å². The molecule has 1 unspecified atom stereocenters. The molecule has 30 heavy (non-hydrogen) atoms. The molecule has 0 fully saturated rings. The summed E-state index contributed by atoms with van der Waals surface area (Å²) in [6.45, 7) is 0. The van der Waals surface area contributed by atoms with E-state index in [1.54, 1.807) is 30.3 Å². The van der Waals surface area contributed by atoms with E-state index < -0.39 is 23.2 Å². The van der Waals surface area contributed by atoms with Crippen LogP contribution in [0.25, 0.3) is 5.69 Å². The zero-order chi connectivity index (χ0) is 21.4. The molecule has 0 aliphatic carbocycles. The van der Waals surface area contributed by atoms with E-state index in [9.17, 15) is 14.7 Å². The first kappa shape index (κ1) is 19.7. The van der Waals surface area contributed by atoms with E-state index in [4.69, 9.17) is 33.2 Å². The lowest BCUT2D eigenvalue weighted by Gasteiger charge is -2.22. The number of aromatic amines is 1. The average Bonchev–Trinajstić information content (AvgIpc) is 2.72.